The first-order valence-corrected chi connectivity index (χ1v) is 5.24. The maximum Gasteiger partial charge on any atom is 0.0340 e. The molecule has 14 heavy (non-hydrogen) atoms. The van der Waals surface area contributed by atoms with Gasteiger partial charge >= 0.3 is 0 Å². The van der Waals surface area contributed by atoms with Crippen LogP contribution in [0.3, 0.4) is 0 Å². The van der Waals surface area contributed by atoms with Crippen LogP contribution in [0, 0.1) is 5.92 Å². The van der Waals surface area contributed by atoms with Crippen LogP contribution in [0.5, 0.6) is 0 Å². The fourth-order valence-corrected chi connectivity index (χ4v) is 1.76. The van der Waals surface area contributed by atoms with Crippen molar-refractivity contribution in [2.24, 2.45) is 5.92 Å². The Bertz CT molecular complexity index is 286. The fourth-order valence-electron chi connectivity index (χ4n) is 1.76. The van der Waals surface area contributed by atoms with Crippen LogP contribution in [0.25, 0.3) is 6.08 Å². The minimum Gasteiger partial charge on any atom is -0.317 e. The van der Waals surface area contributed by atoms with Crippen LogP contribution in [0.2, 0.25) is 0 Å². The Labute approximate surface area is 85.1 Å². The predicted octanol–water partition coefficient (Wildman–Crippen LogP) is 2.09. The van der Waals surface area contributed by atoms with E-state index in [1.54, 1.807) is 0 Å². The van der Waals surface area contributed by atoms with E-state index in [1.165, 1.54) is 18.4 Å². The SMILES string of the molecule is C(=C\C1CCNCC1)/c1cccnc1. The van der Waals surface area contributed by atoms with Crippen molar-refractivity contribution in [3.8, 4) is 0 Å². The molecule has 2 heterocycles. The van der Waals surface area contributed by atoms with Gasteiger partial charge in [0.15, 0.2) is 0 Å². The molecule has 1 saturated heterocycles. The summed E-state index contributed by atoms with van der Waals surface area (Å²) < 4.78 is 0. The van der Waals surface area contributed by atoms with Gasteiger partial charge in [0.05, 0.1) is 0 Å². The molecule has 0 radical (unpaired) electrons. The topological polar surface area (TPSA) is 24.9 Å². The molecule has 0 saturated carbocycles. The zero-order valence-electron chi connectivity index (χ0n) is 8.32. The lowest BCUT2D eigenvalue weighted by molar-refractivity contribution is 0.438. The van der Waals surface area contributed by atoms with Gasteiger partial charge in [-0.2, -0.15) is 0 Å². The molecule has 74 valence electrons. The molecule has 1 aliphatic rings. The van der Waals surface area contributed by atoms with Crippen LogP contribution >= 0.6 is 0 Å². The third-order valence-electron chi connectivity index (χ3n) is 2.63. The average Bonchev–Trinajstić information content (AvgIpc) is 2.29. The fraction of sp³-hybridized carbons (Fsp3) is 0.417. The van der Waals surface area contributed by atoms with Crippen molar-refractivity contribution >= 4 is 6.08 Å². The summed E-state index contributed by atoms with van der Waals surface area (Å²) in [5, 5.41) is 3.37. The molecule has 0 aromatic carbocycles. The molecule has 0 spiro atoms. The summed E-state index contributed by atoms with van der Waals surface area (Å²) in [5.74, 6) is 0.747. The Balaban J connectivity index is 1.93. The van der Waals surface area contributed by atoms with Gasteiger partial charge in [0.1, 0.15) is 0 Å². The lowest BCUT2D eigenvalue weighted by Crippen LogP contribution is -2.26. The highest BCUT2D eigenvalue weighted by molar-refractivity contribution is 5.47. The molecule has 2 nitrogen and oxygen atoms in total. The summed E-state index contributed by atoms with van der Waals surface area (Å²) in [6.45, 7) is 2.31. The first kappa shape index (κ1) is 9.41. The number of allylic oxidation sites excluding steroid dienone is 1. The monoisotopic (exact) mass is 188 g/mol. The van der Waals surface area contributed by atoms with Crippen molar-refractivity contribution in [3.05, 3.63) is 36.2 Å². The second-order valence-corrected chi connectivity index (χ2v) is 3.73. The van der Waals surface area contributed by atoms with Gasteiger partial charge in [-0.25, -0.2) is 0 Å². The van der Waals surface area contributed by atoms with Crippen molar-refractivity contribution in [2.45, 2.75) is 12.8 Å². The summed E-state index contributed by atoms with van der Waals surface area (Å²) >= 11 is 0. The van der Waals surface area contributed by atoms with E-state index in [-0.39, 0.29) is 0 Å². The summed E-state index contributed by atoms with van der Waals surface area (Å²) in [6.07, 6.45) is 10.7. The molecule has 1 aliphatic heterocycles. The molecule has 1 fully saturated rings. The second kappa shape index (κ2) is 4.91. The van der Waals surface area contributed by atoms with Crippen LogP contribution in [0.1, 0.15) is 18.4 Å². The summed E-state index contributed by atoms with van der Waals surface area (Å²) in [4.78, 5) is 4.08. The summed E-state index contributed by atoms with van der Waals surface area (Å²) in [7, 11) is 0. The summed E-state index contributed by atoms with van der Waals surface area (Å²) in [5.41, 5.74) is 1.20. The number of nitrogens with one attached hydrogen (secondary N) is 1. The van der Waals surface area contributed by atoms with Gasteiger partial charge in [-0.1, -0.05) is 18.2 Å². The number of piperidine rings is 1. The van der Waals surface area contributed by atoms with E-state index in [4.69, 9.17) is 0 Å². The van der Waals surface area contributed by atoms with Gasteiger partial charge in [0.2, 0.25) is 0 Å². The Morgan fingerprint density at radius 2 is 2.21 bits per heavy atom. The van der Waals surface area contributed by atoms with E-state index in [0.29, 0.717) is 0 Å². The Morgan fingerprint density at radius 3 is 2.93 bits per heavy atom. The molecule has 0 unspecified atom stereocenters. The first-order chi connectivity index (χ1) is 6.95. The standard InChI is InChI=1S/C12H16N2/c1-2-12(10-14-7-1)4-3-11-5-8-13-9-6-11/h1-4,7,10-11,13H,5-6,8-9H2/b4-3+. The second-order valence-electron chi connectivity index (χ2n) is 3.73. The zero-order valence-corrected chi connectivity index (χ0v) is 8.32. The maximum atomic E-state index is 4.08. The highest BCUT2D eigenvalue weighted by atomic mass is 14.9. The largest absolute Gasteiger partial charge is 0.317 e. The van der Waals surface area contributed by atoms with E-state index in [9.17, 15) is 0 Å². The van der Waals surface area contributed by atoms with Gasteiger partial charge in [-0.05, 0) is 43.5 Å². The number of hydrogen-bond donors (Lipinski definition) is 1. The van der Waals surface area contributed by atoms with Crippen LogP contribution in [-0.2, 0) is 0 Å². The maximum absolute atomic E-state index is 4.08. The summed E-state index contributed by atoms with van der Waals surface area (Å²) in [6, 6.07) is 4.06. The number of rotatable bonds is 2. The zero-order chi connectivity index (χ0) is 9.64. The molecule has 2 rings (SSSR count). The van der Waals surface area contributed by atoms with E-state index in [1.807, 2.05) is 18.5 Å². The lowest BCUT2D eigenvalue weighted by atomic mass is 9.97. The first-order valence-electron chi connectivity index (χ1n) is 5.24. The molecule has 0 bridgehead atoms. The van der Waals surface area contributed by atoms with Crippen LogP contribution in [0.15, 0.2) is 30.6 Å². The Kier molecular flexibility index (Phi) is 3.30. The highest BCUT2D eigenvalue weighted by Crippen LogP contribution is 2.14. The van der Waals surface area contributed by atoms with Gasteiger partial charge in [-0.3, -0.25) is 4.98 Å². The van der Waals surface area contributed by atoms with E-state index >= 15 is 0 Å². The Hall–Kier alpha value is -1.15. The molecule has 0 aliphatic carbocycles. The number of pyridine rings is 1. The van der Waals surface area contributed by atoms with Crippen molar-refractivity contribution in [1.82, 2.24) is 10.3 Å². The molecule has 2 heteroatoms. The molecular formula is C12H16N2. The molecule has 1 aromatic heterocycles. The molecular weight excluding hydrogens is 172 g/mol. The highest BCUT2D eigenvalue weighted by Gasteiger charge is 2.08. The smallest absolute Gasteiger partial charge is 0.0340 e. The predicted molar refractivity (Wildman–Crippen MR) is 58.9 cm³/mol. The normalized spacial score (nSPS) is 18.9. The number of nitrogens with zero attached hydrogens (tertiary/aromatic N) is 1. The van der Waals surface area contributed by atoms with E-state index in [2.05, 4.69) is 28.5 Å². The van der Waals surface area contributed by atoms with Crippen molar-refractivity contribution in [3.63, 3.8) is 0 Å². The minimum atomic E-state index is 0.747. The lowest BCUT2D eigenvalue weighted by Gasteiger charge is -2.19. The third-order valence-corrected chi connectivity index (χ3v) is 2.63. The van der Waals surface area contributed by atoms with Crippen LogP contribution in [0.4, 0.5) is 0 Å². The van der Waals surface area contributed by atoms with Gasteiger partial charge in [0.25, 0.3) is 0 Å². The van der Waals surface area contributed by atoms with Crippen molar-refractivity contribution < 1.29 is 0 Å². The van der Waals surface area contributed by atoms with Crippen molar-refractivity contribution in [2.75, 3.05) is 13.1 Å². The Morgan fingerprint density at radius 1 is 1.36 bits per heavy atom. The van der Waals surface area contributed by atoms with Gasteiger partial charge in [0, 0.05) is 12.4 Å². The minimum absolute atomic E-state index is 0.747. The van der Waals surface area contributed by atoms with Crippen LogP contribution < -0.4 is 5.32 Å². The quantitative estimate of drug-likeness (QED) is 0.768. The number of hydrogen-bond acceptors (Lipinski definition) is 2. The van der Waals surface area contributed by atoms with E-state index in [0.717, 1.165) is 19.0 Å². The molecule has 0 atom stereocenters. The van der Waals surface area contributed by atoms with Gasteiger partial charge < -0.3 is 5.32 Å². The van der Waals surface area contributed by atoms with Crippen LogP contribution in [-0.4, -0.2) is 18.1 Å². The third kappa shape index (κ3) is 2.67. The van der Waals surface area contributed by atoms with Gasteiger partial charge in [-0.15, -0.1) is 0 Å². The molecule has 0 amide bonds. The van der Waals surface area contributed by atoms with E-state index < -0.39 is 0 Å². The van der Waals surface area contributed by atoms with Crippen molar-refractivity contribution in [1.29, 1.82) is 0 Å². The number of aromatic nitrogens is 1. The average molecular weight is 188 g/mol. The molecule has 1 N–H and O–H groups in total. The molecule has 1 aromatic rings.